The minimum absolute atomic E-state index is 0.0666. The fourth-order valence-corrected chi connectivity index (χ4v) is 4.19. The molecule has 0 aliphatic carbocycles. The number of cyclic esters (lactones) is 2. The molecule has 0 bridgehead atoms. The lowest BCUT2D eigenvalue weighted by atomic mass is 10.1. The standard InChI is InChI=1S/C13H11F3N2O3.C13H11F3N2O2.CO2/c1-7-11(6-19)18(12(20)21-7)8-3-4-10(17-2)9(5-8)13(14,15)16;1-7-8(2)20-12(19)18(7)9-4-5-11(17-3)10(6-9)13(14,15)16;2-1-3/h3-5,7,11,19H,6H2,1H3;4-8H,1-2H3;/t7-,11-;7-,8-;/m00./s1. The van der Waals surface area contributed by atoms with E-state index in [1.165, 1.54) is 19.1 Å². The summed E-state index contributed by atoms with van der Waals surface area (Å²) in [6.07, 6.45) is -11.7. The molecule has 0 spiro atoms. The zero-order valence-electron chi connectivity index (χ0n) is 22.9. The second-order valence-corrected chi connectivity index (χ2v) is 9.11. The Morgan fingerprint density at radius 3 is 1.52 bits per heavy atom. The summed E-state index contributed by atoms with van der Waals surface area (Å²) in [5.74, 6) is 0. The fourth-order valence-electron chi connectivity index (χ4n) is 4.19. The number of hydrogen-bond acceptors (Lipinski definition) is 7. The first-order chi connectivity index (χ1) is 20.5. The van der Waals surface area contributed by atoms with Crippen LogP contribution in [0.4, 0.5) is 58.7 Å². The number of alkyl halides is 6. The molecule has 2 aliphatic heterocycles. The molecular formula is C27H22F6N4O7. The Kier molecular flexibility index (Phi) is 11.1. The van der Waals surface area contributed by atoms with Gasteiger partial charge in [-0.2, -0.15) is 35.9 Å². The molecule has 2 aromatic carbocycles. The van der Waals surface area contributed by atoms with Gasteiger partial charge in [-0.3, -0.25) is 9.80 Å². The largest absolute Gasteiger partial charge is 0.444 e. The average Bonchev–Trinajstić information content (AvgIpc) is 3.38. The smallest absolute Gasteiger partial charge is 0.415 e. The summed E-state index contributed by atoms with van der Waals surface area (Å²) in [7, 11) is 0. The molecule has 11 nitrogen and oxygen atoms in total. The topological polar surface area (TPSA) is 122 Å². The van der Waals surface area contributed by atoms with Crippen LogP contribution >= 0.6 is 0 Å². The van der Waals surface area contributed by atoms with Crippen LogP contribution in [0, 0.1) is 13.1 Å². The highest BCUT2D eigenvalue weighted by molar-refractivity contribution is 5.92. The predicted octanol–water partition coefficient (Wildman–Crippen LogP) is 6.37. The zero-order valence-corrected chi connectivity index (χ0v) is 22.9. The Balaban J connectivity index is 0.000000282. The molecule has 0 saturated carbocycles. The maximum absolute atomic E-state index is 12.9. The lowest BCUT2D eigenvalue weighted by Crippen LogP contribution is -2.38. The number of nitrogens with zero attached hydrogens (tertiary/aromatic N) is 4. The predicted molar refractivity (Wildman–Crippen MR) is 138 cm³/mol. The molecule has 2 aliphatic rings. The van der Waals surface area contributed by atoms with Gasteiger partial charge >= 0.3 is 30.7 Å². The van der Waals surface area contributed by atoms with Crippen LogP contribution in [0.5, 0.6) is 0 Å². The fraction of sp³-hybridized carbons (Fsp3) is 0.370. The van der Waals surface area contributed by atoms with Crippen molar-refractivity contribution in [1.82, 2.24) is 0 Å². The van der Waals surface area contributed by atoms with Crippen molar-refractivity contribution in [2.75, 3.05) is 16.4 Å². The molecule has 17 heteroatoms. The quantitative estimate of drug-likeness (QED) is 0.310. The van der Waals surface area contributed by atoms with Crippen molar-refractivity contribution in [3.05, 3.63) is 70.4 Å². The van der Waals surface area contributed by atoms with Crippen LogP contribution in [0.25, 0.3) is 9.69 Å². The van der Waals surface area contributed by atoms with Crippen LogP contribution in [0.1, 0.15) is 31.9 Å². The molecule has 1 N–H and O–H groups in total. The van der Waals surface area contributed by atoms with E-state index in [4.69, 9.17) is 32.2 Å². The number of carbonyl (C=O) groups excluding carboxylic acids is 4. The van der Waals surface area contributed by atoms with E-state index >= 15 is 0 Å². The number of aliphatic hydroxyl groups excluding tert-OH is 1. The van der Waals surface area contributed by atoms with Crippen molar-refractivity contribution < 1.29 is 60.1 Å². The number of amides is 2. The molecule has 2 fully saturated rings. The lowest BCUT2D eigenvalue weighted by molar-refractivity contribution is -0.191. The van der Waals surface area contributed by atoms with Gasteiger partial charge in [0.15, 0.2) is 11.4 Å². The van der Waals surface area contributed by atoms with Crippen LogP contribution in [0.15, 0.2) is 36.4 Å². The molecule has 2 amide bonds. The van der Waals surface area contributed by atoms with E-state index in [0.717, 1.165) is 34.1 Å². The van der Waals surface area contributed by atoms with E-state index in [9.17, 15) is 41.0 Å². The average molecular weight is 628 g/mol. The summed E-state index contributed by atoms with van der Waals surface area (Å²) < 4.78 is 87.3. The zero-order chi connectivity index (χ0) is 33.6. The molecule has 4 atom stereocenters. The number of ether oxygens (including phenoxy) is 2. The monoisotopic (exact) mass is 628 g/mol. The summed E-state index contributed by atoms with van der Waals surface area (Å²) in [6, 6.07) is 4.99. The maximum atomic E-state index is 12.9. The third-order valence-corrected chi connectivity index (χ3v) is 6.48. The number of rotatable bonds is 3. The third-order valence-electron chi connectivity index (χ3n) is 6.48. The van der Waals surface area contributed by atoms with E-state index in [1.807, 2.05) is 0 Å². The van der Waals surface area contributed by atoms with E-state index in [1.54, 1.807) is 13.8 Å². The highest BCUT2D eigenvalue weighted by Gasteiger charge is 2.42. The van der Waals surface area contributed by atoms with Crippen molar-refractivity contribution in [2.45, 2.75) is 57.4 Å². The first-order valence-electron chi connectivity index (χ1n) is 12.2. The van der Waals surface area contributed by atoms with Gasteiger partial charge in [-0.05, 0) is 45.0 Å². The maximum Gasteiger partial charge on any atom is 0.415 e. The number of hydrogen-bond donors (Lipinski definition) is 1. The van der Waals surface area contributed by atoms with Gasteiger partial charge < -0.3 is 14.6 Å². The number of aliphatic hydroxyl groups is 1. The SMILES string of the molecule is O=C=O.[C-]#[N+]c1ccc(N2C(=O)O[C@@H](C)[C@@H]2C)cc1C(F)(F)F.[C-]#[N+]c1ccc(N2C(=O)O[C@@H](C)[C@@H]2CO)cc1C(F)(F)F. The van der Waals surface area contributed by atoms with Crippen molar-refractivity contribution >= 4 is 41.1 Å². The van der Waals surface area contributed by atoms with Crippen molar-refractivity contribution in [3.63, 3.8) is 0 Å². The van der Waals surface area contributed by atoms with Crippen LogP contribution < -0.4 is 9.80 Å². The van der Waals surface area contributed by atoms with Crippen LogP contribution in [0.2, 0.25) is 0 Å². The van der Waals surface area contributed by atoms with E-state index in [0.29, 0.717) is 0 Å². The minimum atomic E-state index is -4.71. The van der Waals surface area contributed by atoms with Crippen LogP contribution in [-0.4, -0.2) is 54.3 Å². The van der Waals surface area contributed by atoms with Crippen molar-refractivity contribution in [2.24, 2.45) is 0 Å². The van der Waals surface area contributed by atoms with Gasteiger partial charge in [0.05, 0.1) is 36.9 Å². The number of benzene rings is 2. The molecular weight excluding hydrogens is 606 g/mol. The summed E-state index contributed by atoms with van der Waals surface area (Å²) in [5, 5.41) is 9.27. The van der Waals surface area contributed by atoms with Gasteiger partial charge in [0, 0.05) is 11.4 Å². The molecule has 234 valence electrons. The van der Waals surface area contributed by atoms with E-state index in [-0.39, 0.29) is 23.6 Å². The second-order valence-electron chi connectivity index (χ2n) is 9.11. The van der Waals surface area contributed by atoms with Crippen LogP contribution in [0.3, 0.4) is 0 Å². The van der Waals surface area contributed by atoms with Gasteiger partial charge in [0.1, 0.15) is 18.2 Å². The lowest BCUT2D eigenvalue weighted by Gasteiger charge is -2.22. The van der Waals surface area contributed by atoms with Crippen LogP contribution in [-0.2, 0) is 31.4 Å². The third kappa shape index (κ3) is 7.63. The van der Waals surface area contributed by atoms with Gasteiger partial charge in [0.2, 0.25) is 0 Å². The first kappa shape index (κ1) is 35.1. The summed E-state index contributed by atoms with van der Waals surface area (Å²) in [4.78, 5) is 47.4. The first-order valence-corrected chi connectivity index (χ1v) is 12.2. The van der Waals surface area contributed by atoms with E-state index < -0.39 is 71.9 Å². The highest BCUT2D eigenvalue weighted by atomic mass is 19.4. The summed E-state index contributed by atoms with van der Waals surface area (Å²) in [5.41, 5.74) is -3.21. The van der Waals surface area contributed by atoms with Crippen molar-refractivity contribution in [3.8, 4) is 0 Å². The Morgan fingerprint density at radius 1 is 0.795 bits per heavy atom. The highest BCUT2D eigenvalue weighted by Crippen LogP contribution is 2.41. The molecule has 2 saturated heterocycles. The molecule has 0 unspecified atom stereocenters. The Labute approximate surface area is 245 Å². The normalized spacial score (nSPS) is 21.0. The van der Waals surface area contributed by atoms with Gasteiger partial charge in [-0.15, -0.1) is 0 Å². The Morgan fingerprint density at radius 2 is 1.18 bits per heavy atom. The number of anilines is 2. The second kappa shape index (κ2) is 13.9. The molecule has 0 radical (unpaired) electrons. The van der Waals surface area contributed by atoms with Gasteiger partial charge in [-0.25, -0.2) is 19.3 Å². The van der Waals surface area contributed by atoms with Crippen molar-refractivity contribution in [1.29, 1.82) is 0 Å². The summed E-state index contributed by atoms with van der Waals surface area (Å²) in [6.45, 7) is 18.0. The molecule has 4 rings (SSSR count). The minimum Gasteiger partial charge on any atom is -0.444 e. The van der Waals surface area contributed by atoms with E-state index in [2.05, 4.69) is 9.69 Å². The number of halogens is 6. The number of carbonyl (C=O) groups is 2. The molecule has 0 aromatic heterocycles. The molecule has 2 aromatic rings. The Bertz CT molecular complexity index is 1510. The van der Waals surface area contributed by atoms with Gasteiger partial charge in [-0.1, -0.05) is 12.1 Å². The summed E-state index contributed by atoms with van der Waals surface area (Å²) >= 11 is 0. The molecule has 44 heavy (non-hydrogen) atoms. The molecule has 2 heterocycles. The Hall–Kier alpha value is -5.12. The van der Waals surface area contributed by atoms with Gasteiger partial charge in [0.25, 0.3) is 0 Å².